The van der Waals surface area contributed by atoms with Crippen LogP contribution in [0.3, 0.4) is 0 Å². The second kappa shape index (κ2) is 8.89. The number of unbranched alkanes of at least 4 members (excludes halogenated alkanes) is 1. The molecule has 0 saturated carbocycles. The fourth-order valence-corrected chi connectivity index (χ4v) is 4.02. The normalized spacial score (nSPS) is 11.6. The monoisotopic (exact) mass is 423 g/mol. The molecule has 3 rings (SSSR count). The van der Waals surface area contributed by atoms with Crippen molar-refractivity contribution in [1.29, 1.82) is 0 Å². The highest BCUT2D eigenvalue weighted by Crippen LogP contribution is 2.24. The second-order valence-corrected chi connectivity index (χ2v) is 8.65. The molecule has 0 aliphatic heterocycles. The van der Waals surface area contributed by atoms with E-state index >= 15 is 0 Å². The van der Waals surface area contributed by atoms with Crippen molar-refractivity contribution >= 4 is 49.8 Å². The fraction of sp³-hybridized carbons (Fsp3) is 0.211. The van der Waals surface area contributed by atoms with E-state index in [1.54, 1.807) is 18.3 Å². The summed E-state index contributed by atoms with van der Waals surface area (Å²) in [7, 11) is -3.50. The van der Waals surface area contributed by atoms with Crippen LogP contribution in [0, 0.1) is 0 Å². The quantitative estimate of drug-likeness (QED) is 0.514. The summed E-state index contributed by atoms with van der Waals surface area (Å²) in [5.41, 5.74) is 1.82. The van der Waals surface area contributed by atoms with Gasteiger partial charge in [0.1, 0.15) is 0 Å². The number of pyridine rings is 1. The predicted molar refractivity (Wildman–Crippen MR) is 111 cm³/mol. The number of halogens is 2. The molecular formula is C19H19Cl2N3O2S. The molecule has 0 atom stereocenters. The van der Waals surface area contributed by atoms with Gasteiger partial charge < -0.3 is 5.32 Å². The molecule has 8 heteroatoms. The Morgan fingerprint density at radius 3 is 2.37 bits per heavy atom. The van der Waals surface area contributed by atoms with Gasteiger partial charge in [0.15, 0.2) is 0 Å². The summed E-state index contributed by atoms with van der Waals surface area (Å²) in [6, 6.07) is 13.6. The van der Waals surface area contributed by atoms with E-state index in [4.69, 9.17) is 23.2 Å². The van der Waals surface area contributed by atoms with E-state index in [0.717, 1.165) is 29.6 Å². The Hall–Kier alpha value is -1.86. The molecule has 0 saturated heterocycles. The first kappa shape index (κ1) is 19.9. The molecule has 1 heterocycles. The minimum atomic E-state index is -3.50. The number of hydrogen-bond donors (Lipinski definition) is 2. The second-order valence-electron chi connectivity index (χ2n) is 6.01. The van der Waals surface area contributed by atoms with Crippen LogP contribution in [-0.2, 0) is 10.0 Å². The molecule has 5 nitrogen and oxygen atoms in total. The van der Waals surface area contributed by atoms with Gasteiger partial charge in [-0.2, -0.15) is 0 Å². The fourth-order valence-electron chi connectivity index (χ4n) is 2.65. The van der Waals surface area contributed by atoms with Crippen LogP contribution in [0.1, 0.15) is 12.8 Å². The lowest BCUT2D eigenvalue weighted by Crippen LogP contribution is -2.25. The van der Waals surface area contributed by atoms with E-state index < -0.39 is 10.0 Å². The number of aromatic nitrogens is 1. The van der Waals surface area contributed by atoms with E-state index in [1.807, 2.05) is 24.3 Å². The van der Waals surface area contributed by atoms with Crippen LogP contribution >= 0.6 is 23.2 Å². The summed E-state index contributed by atoms with van der Waals surface area (Å²) >= 11 is 11.8. The third-order valence-corrected chi connectivity index (χ3v) is 6.00. The van der Waals surface area contributed by atoms with Gasteiger partial charge in [0, 0.05) is 40.4 Å². The average Bonchev–Trinajstić information content (AvgIpc) is 2.64. The summed E-state index contributed by atoms with van der Waals surface area (Å²) in [5, 5.41) is 5.53. The third-order valence-electron chi connectivity index (χ3n) is 4.04. The molecule has 27 heavy (non-hydrogen) atoms. The van der Waals surface area contributed by atoms with Crippen molar-refractivity contribution in [3.05, 3.63) is 64.8 Å². The highest BCUT2D eigenvalue weighted by molar-refractivity contribution is 7.89. The highest BCUT2D eigenvalue weighted by atomic mass is 35.5. The Labute approximate surface area is 168 Å². The lowest BCUT2D eigenvalue weighted by atomic mass is 10.2. The van der Waals surface area contributed by atoms with Gasteiger partial charge in [-0.1, -0.05) is 23.2 Å². The number of nitrogens with one attached hydrogen (secondary N) is 2. The number of sulfonamides is 1. The molecule has 0 radical (unpaired) electrons. The number of anilines is 1. The Bertz CT molecular complexity index is 1020. The minimum Gasteiger partial charge on any atom is -0.384 e. The van der Waals surface area contributed by atoms with Crippen molar-refractivity contribution < 1.29 is 8.42 Å². The summed E-state index contributed by atoms with van der Waals surface area (Å²) in [4.78, 5) is 4.53. The average molecular weight is 424 g/mol. The van der Waals surface area contributed by atoms with Gasteiger partial charge in [0.2, 0.25) is 10.0 Å². The molecule has 0 aliphatic carbocycles. The van der Waals surface area contributed by atoms with Crippen molar-refractivity contribution in [2.24, 2.45) is 0 Å². The van der Waals surface area contributed by atoms with Crippen LogP contribution < -0.4 is 10.0 Å². The van der Waals surface area contributed by atoms with Crippen molar-refractivity contribution in [1.82, 2.24) is 9.71 Å². The van der Waals surface area contributed by atoms with E-state index in [-0.39, 0.29) is 4.90 Å². The van der Waals surface area contributed by atoms with E-state index in [0.29, 0.717) is 23.0 Å². The van der Waals surface area contributed by atoms with Crippen LogP contribution in [0.25, 0.3) is 10.9 Å². The van der Waals surface area contributed by atoms with Crippen molar-refractivity contribution in [2.45, 2.75) is 17.7 Å². The number of benzene rings is 2. The van der Waals surface area contributed by atoms with E-state index in [1.165, 1.54) is 12.1 Å². The Morgan fingerprint density at radius 2 is 1.59 bits per heavy atom. The molecule has 1 aromatic heterocycles. The molecule has 0 fully saturated rings. The van der Waals surface area contributed by atoms with E-state index in [9.17, 15) is 8.42 Å². The Balaban J connectivity index is 1.47. The zero-order valence-electron chi connectivity index (χ0n) is 14.5. The molecule has 0 unspecified atom stereocenters. The Kier molecular flexibility index (Phi) is 6.55. The number of hydrogen-bond acceptors (Lipinski definition) is 4. The molecule has 2 aromatic carbocycles. The van der Waals surface area contributed by atoms with Crippen molar-refractivity contribution in [3.63, 3.8) is 0 Å². The lowest BCUT2D eigenvalue weighted by Gasteiger charge is -2.10. The third kappa shape index (κ3) is 5.32. The van der Waals surface area contributed by atoms with Gasteiger partial charge in [0.05, 0.1) is 10.4 Å². The summed E-state index contributed by atoms with van der Waals surface area (Å²) in [6.07, 6.45) is 3.27. The van der Waals surface area contributed by atoms with Gasteiger partial charge in [-0.25, -0.2) is 13.1 Å². The molecule has 3 aromatic rings. The van der Waals surface area contributed by atoms with Crippen molar-refractivity contribution in [3.8, 4) is 0 Å². The molecule has 0 spiro atoms. The van der Waals surface area contributed by atoms with Gasteiger partial charge in [-0.3, -0.25) is 4.98 Å². The molecule has 0 amide bonds. The maximum Gasteiger partial charge on any atom is 0.240 e. The van der Waals surface area contributed by atoms with Gasteiger partial charge in [-0.15, -0.1) is 0 Å². The highest BCUT2D eigenvalue weighted by Gasteiger charge is 2.12. The molecule has 0 aliphatic rings. The van der Waals surface area contributed by atoms with Crippen LogP contribution in [0.2, 0.25) is 10.0 Å². The number of fused-ring (bicyclic) bond motifs is 1. The maximum absolute atomic E-state index is 12.2. The Morgan fingerprint density at radius 1 is 0.889 bits per heavy atom. The zero-order valence-corrected chi connectivity index (χ0v) is 16.8. The van der Waals surface area contributed by atoms with Crippen LogP contribution in [0.15, 0.2) is 59.6 Å². The lowest BCUT2D eigenvalue weighted by molar-refractivity contribution is 0.577. The van der Waals surface area contributed by atoms with Crippen LogP contribution in [-0.4, -0.2) is 26.5 Å². The molecular weight excluding hydrogens is 405 g/mol. The minimum absolute atomic E-state index is 0.215. The van der Waals surface area contributed by atoms with Crippen LogP contribution in [0.4, 0.5) is 5.69 Å². The van der Waals surface area contributed by atoms with Gasteiger partial charge in [0.25, 0.3) is 0 Å². The topological polar surface area (TPSA) is 71.1 Å². The van der Waals surface area contributed by atoms with Gasteiger partial charge >= 0.3 is 0 Å². The first-order chi connectivity index (χ1) is 13.0. The standard InChI is InChI=1S/C19H19Cl2N3O2S/c20-14-3-6-16(7-4-14)27(25,26)24-11-2-1-10-22-18-9-12-23-19-13-15(21)5-8-17(18)19/h3-9,12-13,24H,1-2,10-11H2,(H,22,23). The first-order valence-electron chi connectivity index (χ1n) is 8.49. The summed E-state index contributed by atoms with van der Waals surface area (Å²) < 4.78 is 27.0. The van der Waals surface area contributed by atoms with Crippen molar-refractivity contribution in [2.75, 3.05) is 18.4 Å². The molecule has 2 N–H and O–H groups in total. The van der Waals surface area contributed by atoms with Crippen LogP contribution in [0.5, 0.6) is 0 Å². The first-order valence-corrected chi connectivity index (χ1v) is 10.7. The SMILES string of the molecule is O=S(=O)(NCCCCNc1ccnc2cc(Cl)ccc12)c1ccc(Cl)cc1. The number of nitrogens with zero attached hydrogens (tertiary/aromatic N) is 1. The maximum atomic E-state index is 12.2. The van der Waals surface area contributed by atoms with Gasteiger partial charge in [-0.05, 0) is 61.4 Å². The molecule has 0 bridgehead atoms. The largest absolute Gasteiger partial charge is 0.384 e. The number of rotatable bonds is 8. The zero-order chi connectivity index (χ0) is 19.3. The molecule has 142 valence electrons. The summed E-state index contributed by atoms with van der Waals surface area (Å²) in [6.45, 7) is 1.10. The smallest absolute Gasteiger partial charge is 0.240 e. The summed E-state index contributed by atoms with van der Waals surface area (Å²) in [5.74, 6) is 0. The van der Waals surface area contributed by atoms with E-state index in [2.05, 4.69) is 15.0 Å². The predicted octanol–water partition coefficient (Wildman–Crippen LogP) is 4.71.